The quantitative estimate of drug-likeness (QED) is 0.763. The van der Waals surface area contributed by atoms with E-state index in [1.54, 1.807) is 24.1 Å². The first-order valence-corrected chi connectivity index (χ1v) is 9.65. The van der Waals surface area contributed by atoms with Gasteiger partial charge in [0.25, 0.3) is 5.91 Å². The summed E-state index contributed by atoms with van der Waals surface area (Å²) in [6.45, 7) is 2.48. The molecule has 1 aliphatic heterocycles. The Balaban J connectivity index is 1.46. The van der Waals surface area contributed by atoms with Gasteiger partial charge < -0.3 is 19.9 Å². The fourth-order valence-electron chi connectivity index (χ4n) is 3.28. The summed E-state index contributed by atoms with van der Waals surface area (Å²) < 4.78 is 5.39. The number of para-hydroxylation sites is 2. The van der Waals surface area contributed by atoms with E-state index < -0.39 is 0 Å². The molecular formula is C22H27N3O3. The molecule has 1 N–H and O–H groups in total. The average Bonchev–Trinajstić information content (AvgIpc) is 3.26. The van der Waals surface area contributed by atoms with Crippen molar-refractivity contribution in [1.82, 2.24) is 10.2 Å². The van der Waals surface area contributed by atoms with Crippen molar-refractivity contribution in [3.63, 3.8) is 0 Å². The Morgan fingerprint density at radius 2 is 1.71 bits per heavy atom. The van der Waals surface area contributed by atoms with Crippen molar-refractivity contribution in [3.05, 3.63) is 60.2 Å². The van der Waals surface area contributed by atoms with E-state index in [-0.39, 0.29) is 25.0 Å². The maximum atomic E-state index is 12.4. The lowest BCUT2D eigenvalue weighted by Crippen LogP contribution is -2.39. The highest BCUT2D eigenvalue weighted by molar-refractivity contribution is 5.85. The van der Waals surface area contributed by atoms with Gasteiger partial charge in [-0.2, -0.15) is 0 Å². The Bertz CT molecular complexity index is 789. The van der Waals surface area contributed by atoms with E-state index in [4.69, 9.17) is 4.74 Å². The van der Waals surface area contributed by atoms with E-state index in [2.05, 4.69) is 22.3 Å². The van der Waals surface area contributed by atoms with E-state index in [0.717, 1.165) is 18.7 Å². The van der Waals surface area contributed by atoms with E-state index >= 15 is 0 Å². The molecule has 0 aromatic heterocycles. The van der Waals surface area contributed by atoms with Gasteiger partial charge in [0.2, 0.25) is 5.91 Å². The summed E-state index contributed by atoms with van der Waals surface area (Å²) >= 11 is 0. The van der Waals surface area contributed by atoms with Gasteiger partial charge in [-0.25, -0.2) is 0 Å². The van der Waals surface area contributed by atoms with Crippen molar-refractivity contribution >= 4 is 17.5 Å². The minimum absolute atomic E-state index is 0.0423. The van der Waals surface area contributed by atoms with Crippen LogP contribution in [-0.2, 0) is 16.1 Å². The summed E-state index contributed by atoms with van der Waals surface area (Å²) in [5.74, 6) is 0.173. The highest BCUT2D eigenvalue weighted by atomic mass is 16.5. The smallest absolute Gasteiger partial charge is 0.258 e. The molecule has 3 rings (SSSR count). The van der Waals surface area contributed by atoms with Gasteiger partial charge in [-0.15, -0.1) is 0 Å². The molecule has 6 nitrogen and oxygen atoms in total. The van der Waals surface area contributed by atoms with Gasteiger partial charge in [0.15, 0.2) is 6.61 Å². The fraction of sp³-hybridized carbons (Fsp3) is 0.364. The molecule has 0 unspecified atom stereocenters. The molecule has 1 heterocycles. The number of rotatable bonds is 8. The fourth-order valence-corrected chi connectivity index (χ4v) is 3.28. The Hall–Kier alpha value is -3.02. The second-order valence-corrected chi connectivity index (χ2v) is 6.95. The first kappa shape index (κ1) is 19.7. The van der Waals surface area contributed by atoms with Crippen LogP contribution in [0.1, 0.15) is 18.4 Å². The molecule has 0 radical (unpaired) electrons. The van der Waals surface area contributed by atoms with Gasteiger partial charge in [-0.05, 0) is 36.6 Å². The molecule has 28 heavy (non-hydrogen) atoms. The van der Waals surface area contributed by atoms with Crippen molar-refractivity contribution < 1.29 is 14.3 Å². The first-order valence-electron chi connectivity index (χ1n) is 9.65. The Labute approximate surface area is 166 Å². The lowest BCUT2D eigenvalue weighted by atomic mass is 10.1. The molecule has 6 heteroatoms. The molecule has 0 aliphatic carbocycles. The van der Waals surface area contributed by atoms with Crippen LogP contribution >= 0.6 is 0 Å². The second-order valence-electron chi connectivity index (χ2n) is 6.95. The Morgan fingerprint density at radius 1 is 1.04 bits per heavy atom. The number of benzene rings is 2. The first-order chi connectivity index (χ1) is 13.6. The van der Waals surface area contributed by atoms with Gasteiger partial charge in [-0.1, -0.05) is 36.4 Å². The minimum atomic E-state index is -0.317. The summed E-state index contributed by atoms with van der Waals surface area (Å²) in [6, 6.07) is 17.3. The zero-order chi connectivity index (χ0) is 19.8. The van der Waals surface area contributed by atoms with Gasteiger partial charge >= 0.3 is 0 Å². The summed E-state index contributed by atoms with van der Waals surface area (Å²) in [4.78, 5) is 28.3. The van der Waals surface area contributed by atoms with Crippen LogP contribution in [0, 0.1) is 0 Å². The third-order valence-corrected chi connectivity index (χ3v) is 4.82. The largest absolute Gasteiger partial charge is 0.484 e. The van der Waals surface area contributed by atoms with Crippen LogP contribution in [0.2, 0.25) is 0 Å². The summed E-state index contributed by atoms with van der Waals surface area (Å²) in [7, 11) is 1.76. The molecule has 0 bridgehead atoms. The number of carbonyl (C=O) groups is 2. The van der Waals surface area contributed by atoms with Crippen LogP contribution in [-0.4, -0.2) is 50.0 Å². The molecule has 148 valence electrons. The number of hydrogen-bond donors (Lipinski definition) is 1. The highest BCUT2D eigenvalue weighted by Crippen LogP contribution is 2.25. The van der Waals surface area contributed by atoms with Gasteiger partial charge in [-0.3, -0.25) is 9.59 Å². The van der Waals surface area contributed by atoms with Crippen molar-refractivity contribution in [2.24, 2.45) is 0 Å². The molecule has 1 fully saturated rings. The van der Waals surface area contributed by atoms with Crippen LogP contribution in [0.5, 0.6) is 5.75 Å². The molecule has 2 aromatic rings. The summed E-state index contributed by atoms with van der Waals surface area (Å²) in [5.41, 5.74) is 2.32. The molecule has 1 saturated heterocycles. The molecule has 2 aromatic carbocycles. The predicted molar refractivity (Wildman–Crippen MR) is 109 cm³/mol. The normalized spacial score (nSPS) is 13.2. The SMILES string of the molecule is CN(Cc1ccccc1N1CCCC1)C(=O)CNC(=O)COc1ccccc1. The number of hydrogen-bond acceptors (Lipinski definition) is 4. The Morgan fingerprint density at radius 3 is 2.46 bits per heavy atom. The third-order valence-electron chi connectivity index (χ3n) is 4.82. The number of nitrogens with one attached hydrogen (secondary N) is 1. The summed E-state index contributed by atoms with van der Waals surface area (Å²) in [5, 5.41) is 2.62. The second kappa shape index (κ2) is 9.78. The lowest BCUT2D eigenvalue weighted by Gasteiger charge is -2.24. The van der Waals surface area contributed by atoms with Crippen molar-refractivity contribution in [2.75, 3.05) is 38.2 Å². The van der Waals surface area contributed by atoms with Crippen molar-refractivity contribution in [2.45, 2.75) is 19.4 Å². The zero-order valence-corrected chi connectivity index (χ0v) is 16.3. The number of anilines is 1. The minimum Gasteiger partial charge on any atom is -0.484 e. The van der Waals surface area contributed by atoms with Crippen LogP contribution < -0.4 is 15.0 Å². The van der Waals surface area contributed by atoms with Crippen LogP contribution in [0.4, 0.5) is 5.69 Å². The topological polar surface area (TPSA) is 61.9 Å². The average molecular weight is 381 g/mol. The van der Waals surface area contributed by atoms with Crippen molar-refractivity contribution in [1.29, 1.82) is 0 Å². The summed E-state index contributed by atoms with van der Waals surface area (Å²) in [6.07, 6.45) is 2.42. The molecule has 0 spiro atoms. The van der Waals surface area contributed by atoms with E-state index in [1.807, 2.05) is 30.3 Å². The number of amides is 2. The highest BCUT2D eigenvalue weighted by Gasteiger charge is 2.18. The third kappa shape index (κ3) is 5.49. The van der Waals surface area contributed by atoms with E-state index in [9.17, 15) is 9.59 Å². The van der Waals surface area contributed by atoms with Crippen LogP contribution in [0.15, 0.2) is 54.6 Å². The van der Waals surface area contributed by atoms with E-state index in [1.165, 1.54) is 18.5 Å². The number of nitrogens with zero attached hydrogens (tertiary/aromatic N) is 2. The van der Waals surface area contributed by atoms with E-state index in [0.29, 0.717) is 12.3 Å². The maximum Gasteiger partial charge on any atom is 0.258 e. The lowest BCUT2D eigenvalue weighted by molar-refractivity contribution is -0.132. The molecule has 0 atom stereocenters. The molecular weight excluding hydrogens is 354 g/mol. The monoisotopic (exact) mass is 381 g/mol. The number of likely N-dealkylation sites (N-methyl/N-ethyl adjacent to an activating group) is 1. The zero-order valence-electron chi connectivity index (χ0n) is 16.3. The predicted octanol–water partition coefficient (Wildman–Crippen LogP) is 2.44. The van der Waals surface area contributed by atoms with Crippen molar-refractivity contribution in [3.8, 4) is 5.75 Å². The van der Waals surface area contributed by atoms with Gasteiger partial charge in [0, 0.05) is 32.4 Å². The molecule has 1 aliphatic rings. The number of ether oxygens (including phenoxy) is 1. The standard InChI is InChI=1S/C22H27N3O3/c1-24(16-18-9-5-6-12-20(18)25-13-7-8-14-25)22(27)15-23-21(26)17-28-19-10-3-2-4-11-19/h2-6,9-12H,7-8,13-17H2,1H3,(H,23,26). The number of carbonyl (C=O) groups excluding carboxylic acids is 2. The van der Waals surface area contributed by atoms with Crippen LogP contribution in [0.25, 0.3) is 0 Å². The van der Waals surface area contributed by atoms with Crippen LogP contribution in [0.3, 0.4) is 0 Å². The van der Waals surface area contributed by atoms with Gasteiger partial charge in [0.05, 0.1) is 6.54 Å². The maximum absolute atomic E-state index is 12.4. The molecule has 0 saturated carbocycles. The van der Waals surface area contributed by atoms with Gasteiger partial charge in [0.1, 0.15) is 5.75 Å². The molecule has 2 amide bonds. The Kier molecular flexibility index (Phi) is 6.89.